The standard InChI is InChI=1S/C22H32N4OS.HI/c1-23-22(25(2)16-19-7-4-5-9-21(19)27-3)24-15-18-10-12-26(13-11-18)17-20-8-6-14-28-20;/h4-9,14,18H,10-13,15-17H2,1-3H3,(H,23,24);1H. The molecule has 0 unspecified atom stereocenters. The topological polar surface area (TPSA) is 40.1 Å². The first-order chi connectivity index (χ1) is 13.7. The van der Waals surface area contributed by atoms with E-state index in [9.17, 15) is 0 Å². The number of guanidine groups is 1. The highest BCUT2D eigenvalue weighted by atomic mass is 127. The minimum Gasteiger partial charge on any atom is -0.496 e. The molecule has 2 heterocycles. The van der Waals surface area contributed by atoms with Crippen LogP contribution in [-0.4, -0.2) is 56.6 Å². The zero-order valence-corrected chi connectivity index (χ0v) is 20.8. The molecule has 0 saturated carbocycles. The third kappa shape index (κ3) is 7.15. The predicted octanol–water partition coefficient (Wildman–Crippen LogP) is 4.29. The Hall–Kier alpha value is -1.32. The molecular formula is C22H33IN4OS. The van der Waals surface area contributed by atoms with Crippen LogP contribution in [0.15, 0.2) is 46.8 Å². The van der Waals surface area contributed by atoms with Crippen molar-refractivity contribution < 1.29 is 4.74 Å². The van der Waals surface area contributed by atoms with Gasteiger partial charge in [0.15, 0.2) is 5.96 Å². The van der Waals surface area contributed by atoms with E-state index in [0.717, 1.165) is 36.9 Å². The van der Waals surface area contributed by atoms with E-state index in [0.29, 0.717) is 5.92 Å². The van der Waals surface area contributed by atoms with Crippen LogP contribution in [0, 0.1) is 5.92 Å². The van der Waals surface area contributed by atoms with Gasteiger partial charge in [-0.3, -0.25) is 9.89 Å². The molecule has 0 atom stereocenters. The van der Waals surface area contributed by atoms with Gasteiger partial charge >= 0.3 is 0 Å². The van der Waals surface area contributed by atoms with E-state index in [1.54, 1.807) is 7.11 Å². The van der Waals surface area contributed by atoms with Crippen molar-refractivity contribution in [1.29, 1.82) is 0 Å². The molecule has 1 aliphatic heterocycles. The van der Waals surface area contributed by atoms with Gasteiger partial charge in [-0.25, -0.2) is 0 Å². The van der Waals surface area contributed by atoms with Gasteiger partial charge in [-0.05, 0) is 49.4 Å². The largest absolute Gasteiger partial charge is 0.496 e. The highest BCUT2D eigenvalue weighted by Crippen LogP contribution is 2.21. The maximum atomic E-state index is 5.47. The Morgan fingerprint density at radius 3 is 2.66 bits per heavy atom. The van der Waals surface area contributed by atoms with E-state index < -0.39 is 0 Å². The number of rotatable bonds is 7. The van der Waals surface area contributed by atoms with Crippen molar-refractivity contribution in [3.05, 3.63) is 52.2 Å². The molecule has 1 fully saturated rings. The van der Waals surface area contributed by atoms with E-state index in [-0.39, 0.29) is 24.0 Å². The summed E-state index contributed by atoms with van der Waals surface area (Å²) in [5, 5.41) is 5.74. The smallest absolute Gasteiger partial charge is 0.193 e. The number of thiophene rings is 1. The highest BCUT2D eigenvalue weighted by molar-refractivity contribution is 14.0. The fraction of sp³-hybridized carbons (Fsp3) is 0.500. The predicted molar refractivity (Wildman–Crippen MR) is 134 cm³/mol. The van der Waals surface area contributed by atoms with Crippen LogP contribution >= 0.6 is 35.3 Å². The molecule has 5 nitrogen and oxygen atoms in total. The quantitative estimate of drug-likeness (QED) is 0.331. The molecule has 0 spiro atoms. The van der Waals surface area contributed by atoms with Gasteiger partial charge in [0.2, 0.25) is 0 Å². The first-order valence-electron chi connectivity index (χ1n) is 9.98. The number of nitrogens with zero attached hydrogens (tertiary/aromatic N) is 3. The van der Waals surface area contributed by atoms with Crippen LogP contribution in [0.25, 0.3) is 0 Å². The van der Waals surface area contributed by atoms with E-state index in [4.69, 9.17) is 4.74 Å². The van der Waals surface area contributed by atoms with Crippen molar-refractivity contribution in [3.63, 3.8) is 0 Å². The van der Waals surface area contributed by atoms with Crippen molar-refractivity contribution >= 4 is 41.3 Å². The van der Waals surface area contributed by atoms with Crippen molar-refractivity contribution in [1.82, 2.24) is 15.1 Å². The molecule has 1 aliphatic rings. The molecule has 29 heavy (non-hydrogen) atoms. The van der Waals surface area contributed by atoms with Crippen molar-refractivity contribution in [2.24, 2.45) is 10.9 Å². The van der Waals surface area contributed by atoms with Crippen LogP contribution < -0.4 is 10.1 Å². The molecule has 1 saturated heterocycles. The van der Waals surface area contributed by atoms with Gasteiger partial charge in [0.1, 0.15) is 5.75 Å². The number of hydrogen-bond donors (Lipinski definition) is 1. The van der Waals surface area contributed by atoms with Gasteiger partial charge in [-0.1, -0.05) is 24.3 Å². The summed E-state index contributed by atoms with van der Waals surface area (Å²) in [7, 11) is 5.65. The monoisotopic (exact) mass is 528 g/mol. The minimum atomic E-state index is 0. The van der Waals surface area contributed by atoms with Gasteiger partial charge in [0.05, 0.1) is 7.11 Å². The summed E-state index contributed by atoms with van der Waals surface area (Å²) >= 11 is 1.86. The van der Waals surface area contributed by atoms with Crippen LogP contribution in [0.3, 0.4) is 0 Å². The first kappa shape index (κ1) is 24.0. The Kier molecular flexibility index (Phi) is 10.2. The van der Waals surface area contributed by atoms with E-state index in [1.807, 2.05) is 36.6 Å². The number of methoxy groups -OCH3 is 1. The summed E-state index contributed by atoms with van der Waals surface area (Å²) in [6.07, 6.45) is 2.48. The zero-order valence-electron chi connectivity index (χ0n) is 17.6. The molecule has 1 aromatic heterocycles. The summed E-state index contributed by atoms with van der Waals surface area (Å²) in [6, 6.07) is 12.5. The van der Waals surface area contributed by atoms with Gasteiger partial charge in [-0.15, -0.1) is 35.3 Å². The van der Waals surface area contributed by atoms with Gasteiger partial charge in [-0.2, -0.15) is 0 Å². The van der Waals surface area contributed by atoms with Crippen molar-refractivity contribution in [2.75, 3.05) is 40.8 Å². The van der Waals surface area contributed by atoms with E-state index in [2.05, 4.69) is 50.7 Å². The number of benzene rings is 1. The summed E-state index contributed by atoms with van der Waals surface area (Å²) in [4.78, 5) is 10.7. The van der Waals surface area contributed by atoms with Crippen LogP contribution in [0.4, 0.5) is 0 Å². The number of likely N-dealkylation sites (tertiary alicyclic amines) is 1. The Bertz CT molecular complexity index is 745. The Balaban J connectivity index is 0.00000300. The average molecular weight is 529 g/mol. The lowest BCUT2D eigenvalue weighted by atomic mass is 9.97. The third-order valence-electron chi connectivity index (χ3n) is 5.39. The van der Waals surface area contributed by atoms with Crippen molar-refractivity contribution in [3.8, 4) is 5.75 Å². The second kappa shape index (κ2) is 12.4. The number of piperidine rings is 1. The fourth-order valence-corrected chi connectivity index (χ4v) is 4.50. The average Bonchev–Trinajstić information content (AvgIpc) is 3.23. The summed E-state index contributed by atoms with van der Waals surface area (Å²) in [6.45, 7) is 5.21. The molecular weight excluding hydrogens is 495 g/mol. The van der Waals surface area contributed by atoms with Gasteiger partial charge < -0.3 is 15.0 Å². The number of para-hydroxylation sites is 1. The second-order valence-corrected chi connectivity index (χ2v) is 8.43. The maximum Gasteiger partial charge on any atom is 0.193 e. The molecule has 0 amide bonds. The molecule has 0 aliphatic carbocycles. The normalized spacial score (nSPS) is 15.6. The summed E-state index contributed by atoms with van der Waals surface area (Å²) in [5.41, 5.74) is 1.16. The second-order valence-electron chi connectivity index (χ2n) is 7.39. The molecule has 7 heteroatoms. The van der Waals surface area contributed by atoms with Crippen LogP contribution in [0.5, 0.6) is 5.75 Å². The lowest BCUT2D eigenvalue weighted by molar-refractivity contribution is 0.179. The molecule has 0 radical (unpaired) electrons. The number of ether oxygens (including phenoxy) is 1. The number of hydrogen-bond acceptors (Lipinski definition) is 4. The van der Waals surface area contributed by atoms with Gasteiger partial charge in [0, 0.05) is 44.2 Å². The SMILES string of the molecule is CN=C(NCC1CCN(Cc2cccs2)CC1)N(C)Cc1ccccc1OC.I. The van der Waals surface area contributed by atoms with Gasteiger partial charge in [0.25, 0.3) is 0 Å². The lowest BCUT2D eigenvalue weighted by Crippen LogP contribution is -2.43. The zero-order chi connectivity index (χ0) is 19.8. The molecule has 3 rings (SSSR count). The molecule has 160 valence electrons. The number of nitrogens with one attached hydrogen (secondary N) is 1. The molecule has 1 N–H and O–H groups in total. The third-order valence-corrected chi connectivity index (χ3v) is 6.25. The minimum absolute atomic E-state index is 0. The van der Waals surface area contributed by atoms with E-state index in [1.165, 1.54) is 30.8 Å². The fourth-order valence-electron chi connectivity index (χ4n) is 3.76. The Labute approximate surface area is 196 Å². The van der Waals surface area contributed by atoms with E-state index >= 15 is 0 Å². The molecule has 0 bridgehead atoms. The maximum absolute atomic E-state index is 5.47. The number of aliphatic imine (C=N–C) groups is 1. The Morgan fingerprint density at radius 2 is 2.00 bits per heavy atom. The number of halogens is 1. The first-order valence-corrected chi connectivity index (χ1v) is 10.9. The van der Waals surface area contributed by atoms with Crippen LogP contribution in [0.2, 0.25) is 0 Å². The molecule has 2 aromatic rings. The lowest BCUT2D eigenvalue weighted by Gasteiger charge is -2.32. The summed E-state index contributed by atoms with van der Waals surface area (Å²) in [5.74, 6) is 2.56. The Morgan fingerprint density at radius 1 is 1.24 bits per heavy atom. The van der Waals surface area contributed by atoms with Crippen LogP contribution in [-0.2, 0) is 13.1 Å². The highest BCUT2D eigenvalue weighted by Gasteiger charge is 2.20. The summed E-state index contributed by atoms with van der Waals surface area (Å²) < 4.78 is 5.47. The molecule has 1 aromatic carbocycles. The van der Waals surface area contributed by atoms with Crippen molar-refractivity contribution in [2.45, 2.75) is 25.9 Å². The van der Waals surface area contributed by atoms with Crippen LogP contribution in [0.1, 0.15) is 23.3 Å².